The quantitative estimate of drug-likeness (QED) is 0.306. The first-order valence-corrected chi connectivity index (χ1v) is 13.0. The van der Waals surface area contributed by atoms with Crippen LogP contribution in [0.2, 0.25) is 10.0 Å². The van der Waals surface area contributed by atoms with Gasteiger partial charge in [-0.15, -0.1) is 0 Å². The molecular formula is C23H26Cl2N4O4S. The van der Waals surface area contributed by atoms with Gasteiger partial charge in [0.15, 0.2) is 6.61 Å². The van der Waals surface area contributed by atoms with Gasteiger partial charge >= 0.3 is 0 Å². The minimum absolute atomic E-state index is 0.0439. The van der Waals surface area contributed by atoms with Gasteiger partial charge in [-0.2, -0.15) is 0 Å². The van der Waals surface area contributed by atoms with Crippen LogP contribution in [0.3, 0.4) is 0 Å². The molecule has 0 aliphatic carbocycles. The number of pyridine rings is 1. The van der Waals surface area contributed by atoms with E-state index in [4.69, 9.17) is 27.9 Å². The second kappa shape index (κ2) is 12.2. The predicted octanol–water partition coefficient (Wildman–Crippen LogP) is 4.23. The number of unbranched alkanes of at least 4 members (excludes halogenated alkanes) is 1. The number of benzene rings is 2. The van der Waals surface area contributed by atoms with Crippen molar-refractivity contribution in [2.45, 2.75) is 24.7 Å². The van der Waals surface area contributed by atoms with Gasteiger partial charge in [-0.05, 0) is 48.9 Å². The van der Waals surface area contributed by atoms with Gasteiger partial charge in [0, 0.05) is 41.9 Å². The normalized spacial score (nSPS) is 11.4. The molecule has 0 saturated carbocycles. The predicted molar refractivity (Wildman–Crippen MR) is 135 cm³/mol. The first-order valence-electron chi connectivity index (χ1n) is 10.8. The number of aromatic nitrogens is 1. The van der Waals surface area contributed by atoms with Gasteiger partial charge in [-0.25, -0.2) is 13.1 Å². The molecule has 3 aromatic rings. The molecule has 0 spiro atoms. The molecule has 0 saturated heterocycles. The Hall–Kier alpha value is -2.59. The third-order valence-electron chi connectivity index (χ3n) is 4.86. The Morgan fingerprint density at radius 1 is 1.06 bits per heavy atom. The zero-order valence-corrected chi connectivity index (χ0v) is 20.9. The molecule has 8 nitrogen and oxygen atoms in total. The minimum Gasteiger partial charge on any atom is -0.482 e. The maximum absolute atomic E-state index is 12.3. The van der Waals surface area contributed by atoms with Gasteiger partial charge < -0.3 is 15.4 Å². The lowest BCUT2D eigenvalue weighted by atomic mass is 10.2. The minimum atomic E-state index is -3.64. The van der Waals surface area contributed by atoms with E-state index in [1.165, 1.54) is 18.2 Å². The molecule has 34 heavy (non-hydrogen) atoms. The topological polar surface area (TPSA) is 109 Å². The molecular weight excluding hydrogens is 499 g/mol. The van der Waals surface area contributed by atoms with E-state index in [0.29, 0.717) is 24.7 Å². The van der Waals surface area contributed by atoms with Crippen LogP contribution < -0.4 is 20.1 Å². The summed E-state index contributed by atoms with van der Waals surface area (Å²) in [5, 5.41) is 7.67. The Kier molecular flexibility index (Phi) is 9.35. The van der Waals surface area contributed by atoms with Crippen molar-refractivity contribution in [3.05, 3.63) is 58.7 Å². The lowest BCUT2D eigenvalue weighted by molar-refractivity contribution is -0.123. The van der Waals surface area contributed by atoms with Crippen molar-refractivity contribution < 1.29 is 17.9 Å². The second-order valence-corrected chi connectivity index (χ2v) is 10.0. The number of ether oxygens (including phenoxy) is 1. The van der Waals surface area contributed by atoms with E-state index >= 15 is 0 Å². The van der Waals surface area contributed by atoms with Crippen LogP contribution in [0.1, 0.15) is 19.8 Å². The molecule has 3 rings (SSSR count). The molecule has 1 aromatic heterocycles. The Bertz CT molecular complexity index is 1250. The molecule has 11 heteroatoms. The molecule has 1 amide bonds. The number of rotatable bonds is 12. The number of nitrogens with one attached hydrogen (secondary N) is 3. The smallest absolute Gasteiger partial charge is 0.258 e. The molecule has 0 fully saturated rings. The fourth-order valence-electron chi connectivity index (χ4n) is 3.10. The van der Waals surface area contributed by atoms with Crippen molar-refractivity contribution in [1.82, 2.24) is 15.0 Å². The van der Waals surface area contributed by atoms with Gasteiger partial charge in [-0.1, -0.05) is 36.5 Å². The van der Waals surface area contributed by atoms with E-state index in [-0.39, 0.29) is 28.2 Å². The van der Waals surface area contributed by atoms with Crippen molar-refractivity contribution >= 4 is 55.7 Å². The summed E-state index contributed by atoms with van der Waals surface area (Å²) in [5.74, 6) is -0.105. The molecule has 0 radical (unpaired) electrons. The molecule has 0 aliphatic rings. The molecule has 0 unspecified atom stereocenters. The van der Waals surface area contributed by atoms with Crippen LogP contribution in [-0.2, 0) is 14.8 Å². The van der Waals surface area contributed by atoms with Gasteiger partial charge in [0.1, 0.15) is 5.75 Å². The summed E-state index contributed by atoms with van der Waals surface area (Å²) in [6.07, 6.45) is 3.31. The Balaban J connectivity index is 1.45. The Labute approximate surface area is 209 Å². The summed E-state index contributed by atoms with van der Waals surface area (Å²) < 4.78 is 32.5. The van der Waals surface area contributed by atoms with Crippen molar-refractivity contribution in [3.8, 4) is 5.75 Å². The molecule has 0 bridgehead atoms. The molecule has 0 aliphatic heterocycles. The van der Waals surface area contributed by atoms with E-state index in [1.54, 1.807) is 18.3 Å². The van der Waals surface area contributed by atoms with E-state index in [9.17, 15) is 13.2 Å². The van der Waals surface area contributed by atoms with Crippen LogP contribution in [0.4, 0.5) is 5.69 Å². The van der Waals surface area contributed by atoms with Crippen molar-refractivity contribution in [1.29, 1.82) is 0 Å². The van der Waals surface area contributed by atoms with Crippen LogP contribution in [0.15, 0.2) is 53.6 Å². The summed E-state index contributed by atoms with van der Waals surface area (Å²) in [4.78, 5) is 16.5. The van der Waals surface area contributed by atoms with Gasteiger partial charge in [0.05, 0.1) is 15.4 Å². The number of nitrogens with zero attached hydrogens (tertiary/aromatic N) is 1. The van der Waals surface area contributed by atoms with Crippen LogP contribution in [0, 0.1) is 0 Å². The summed E-state index contributed by atoms with van der Waals surface area (Å²) >= 11 is 12.2. The van der Waals surface area contributed by atoms with Crippen LogP contribution in [0.25, 0.3) is 10.9 Å². The summed E-state index contributed by atoms with van der Waals surface area (Å²) in [7, 11) is -3.64. The summed E-state index contributed by atoms with van der Waals surface area (Å²) in [6.45, 7) is 2.94. The first-order chi connectivity index (χ1) is 16.3. The second-order valence-electron chi connectivity index (χ2n) is 7.43. The molecule has 3 N–H and O–H groups in total. The highest BCUT2D eigenvalue weighted by atomic mass is 35.5. The van der Waals surface area contributed by atoms with Gasteiger partial charge in [-0.3, -0.25) is 9.78 Å². The van der Waals surface area contributed by atoms with Crippen LogP contribution >= 0.6 is 23.2 Å². The third kappa shape index (κ3) is 7.20. The van der Waals surface area contributed by atoms with Crippen molar-refractivity contribution in [3.63, 3.8) is 0 Å². The lowest BCUT2D eigenvalue weighted by Crippen LogP contribution is -2.32. The molecule has 0 atom stereocenters. The van der Waals surface area contributed by atoms with E-state index in [2.05, 4.69) is 20.3 Å². The number of anilines is 1. The average Bonchev–Trinajstić information content (AvgIpc) is 2.81. The molecule has 2 aromatic carbocycles. The molecule has 182 valence electrons. The van der Waals surface area contributed by atoms with Crippen LogP contribution in [-0.4, -0.2) is 45.6 Å². The highest BCUT2D eigenvalue weighted by Crippen LogP contribution is 2.27. The molecule has 1 heterocycles. The first kappa shape index (κ1) is 26.0. The number of carbonyl (C=O) groups excluding carboxylic acids is 1. The fourth-order valence-corrected chi connectivity index (χ4v) is 4.67. The zero-order chi connectivity index (χ0) is 24.6. The Morgan fingerprint density at radius 3 is 2.65 bits per heavy atom. The number of sulfonamides is 1. The Morgan fingerprint density at radius 2 is 1.88 bits per heavy atom. The monoisotopic (exact) mass is 524 g/mol. The standard InChI is InChI=1S/C23H26Cl2N4O4S/c1-2-3-9-29-34(31,32)17-5-7-22(19(25)14-17)33-15-23(30)28-12-11-27-20-8-10-26-21-13-16(24)4-6-18(20)21/h4-8,10,13-14,29H,2-3,9,11-12,15H2,1H3,(H,26,27)(H,28,30). The SMILES string of the molecule is CCCCNS(=O)(=O)c1ccc(OCC(=O)NCCNc2ccnc3cc(Cl)ccc23)c(Cl)c1. The summed E-state index contributed by atoms with van der Waals surface area (Å²) in [6, 6.07) is 11.5. The lowest BCUT2D eigenvalue weighted by Gasteiger charge is -2.12. The summed E-state index contributed by atoms with van der Waals surface area (Å²) in [5.41, 5.74) is 1.67. The number of amides is 1. The fraction of sp³-hybridized carbons (Fsp3) is 0.304. The number of carbonyl (C=O) groups is 1. The number of hydrogen-bond donors (Lipinski definition) is 3. The average molecular weight is 525 g/mol. The van der Waals surface area contributed by atoms with Crippen molar-refractivity contribution in [2.24, 2.45) is 0 Å². The van der Waals surface area contributed by atoms with Gasteiger partial charge in [0.2, 0.25) is 10.0 Å². The highest BCUT2D eigenvalue weighted by molar-refractivity contribution is 7.89. The third-order valence-corrected chi connectivity index (χ3v) is 6.85. The highest BCUT2D eigenvalue weighted by Gasteiger charge is 2.16. The van der Waals surface area contributed by atoms with E-state index in [0.717, 1.165) is 29.4 Å². The number of hydrogen-bond acceptors (Lipinski definition) is 6. The number of fused-ring (bicyclic) bond motifs is 1. The largest absolute Gasteiger partial charge is 0.482 e. The van der Waals surface area contributed by atoms with Crippen LogP contribution in [0.5, 0.6) is 5.75 Å². The zero-order valence-electron chi connectivity index (χ0n) is 18.6. The maximum atomic E-state index is 12.3. The van der Waals surface area contributed by atoms with Crippen molar-refractivity contribution in [2.75, 3.05) is 31.6 Å². The van der Waals surface area contributed by atoms with Gasteiger partial charge in [0.25, 0.3) is 5.91 Å². The van der Waals surface area contributed by atoms with E-state index in [1.807, 2.05) is 19.1 Å². The van der Waals surface area contributed by atoms with E-state index < -0.39 is 10.0 Å². The maximum Gasteiger partial charge on any atom is 0.258 e. The number of halogens is 2.